The number of phenolic OH excluding ortho intramolecular Hbond substituents is 2. The number of hydrogen-bond donors (Lipinski definition) is 3. The number of aliphatic hydroxyl groups excluding tert-OH is 1. The first kappa shape index (κ1) is 16.3. The van der Waals surface area contributed by atoms with Crippen LogP contribution in [0, 0.1) is 5.41 Å². The van der Waals surface area contributed by atoms with Crippen molar-refractivity contribution in [1.82, 2.24) is 0 Å². The molecule has 0 amide bonds. The van der Waals surface area contributed by atoms with Crippen LogP contribution in [0.25, 0.3) is 0 Å². The third kappa shape index (κ3) is 1.81. The lowest BCUT2D eigenvalue weighted by Crippen LogP contribution is -2.43. The number of phenols is 2. The molecule has 0 saturated heterocycles. The van der Waals surface area contributed by atoms with Crippen molar-refractivity contribution < 1.29 is 24.9 Å². The SMILES string of the molecule is C[C@H]1COc2c(O)c3c(c(O)c21)C(=O)C(O)=C1C(C)(C)CCC[C@@]13C. The van der Waals surface area contributed by atoms with E-state index in [1.807, 2.05) is 27.7 Å². The van der Waals surface area contributed by atoms with E-state index in [0.29, 0.717) is 29.7 Å². The summed E-state index contributed by atoms with van der Waals surface area (Å²) in [6.45, 7) is 8.18. The zero-order valence-corrected chi connectivity index (χ0v) is 15.1. The number of Topliss-reactive ketones (excluding diaryl/α,β-unsaturated/α-hetero) is 1. The average Bonchev–Trinajstić information content (AvgIpc) is 2.90. The molecule has 0 aromatic heterocycles. The van der Waals surface area contributed by atoms with Gasteiger partial charge in [-0.25, -0.2) is 0 Å². The Morgan fingerprint density at radius 1 is 1.08 bits per heavy atom. The van der Waals surface area contributed by atoms with Gasteiger partial charge in [0.2, 0.25) is 5.78 Å². The molecule has 0 radical (unpaired) electrons. The summed E-state index contributed by atoms with van der Waals surface area (Å²) < 4.78 is 5.63. The van der Waals surface area contributed by atoms with Gasteiger partial charge in [0.15, 0.2) is 17.3 Å². The Morgan fingerprint density at radius 3 is 2.44 bits per heavy atom. The molecule has 1 aliphatic heterocycles. The first-order valence-corrected chi connectivity index (χ1v) is 8.85. The summed E-state index contributed by atoms with van der Waals surface area (Å²) in [4.78, 5) is 13.0. The van der Waals surface area contributed by atoms with Crippen LogP contribution in [-0.2, 0) is 5.41 Å². The highest BCUT2D eigenvalue weighted by molar-refractivity contribution is 6.13. The van der Waals surface area contributed by atoms with Gasteiger partial charge in [0.1, 0.15) is 5.75 Å². The van der Waals surface area contributed by atoms with Crippen LogP contribution in [0.2, 0.25) is 0 Å². The Morgan fingerprint density at radius 2 is 1.76 bits per heavy atom. The van der Waals surface area contributed by atoms with E-state index in [1.54, 1.807) is 0 Å². The van der Waals surface area contributed by atoms with E-state index in [2.05, 4.69) is 0 Å². The molecule has 2 atom stereocenters. The second kappa shape index (κ2) is 4.71. The number of ketones is 1. The summed E-state index contributed by atoms with van der Waals surface area (Å²) in [6, 6.07) is 0. The van der Waals surface area contributed by atoms with Crippen molar-refractivity contribution in [3.63, 3.8) is 0 Å². The van der Waals surface area contributed by atoms with Gasteiger partial charge in [0.25, 0.3) is 0 Å². The molecule has 1 aromatic rings. The number of carbonyl (C=O) groups excluding carboxylic acids is 1. The molecule has 0 unspecified atom stereocenters. The molecule has 3 N–H and O–H groups in total. The molecule has 5 heteroatoms. The normalized spacial score (nSPS) is 29.8. The van der Waals surface area contributed by atoms with Crippen molar-refractivity contribution in [1.29, 1.82) is 0 Å². The molecule has 1 heterocycles. The van der Waals surface area contributed by atoms with Gasteiger partial charge in [-0.05, 0) is 23.8 Å². The maximum absolute atomic E-state index is 13.0. The van der Waals surface area contributed by atoms with Crippen LogP contribution in [0.5, 0.6) is 17.2 Å². The third-order valence-corrected chi connectivity index (χ3v) is 6.35. The van der Waals surface area contributed by atoms with Gasteiger partial charge in [-0.2, -0.15) is 0 Å². The van der Waals surface area contributed by atoms with Crippen molar-refractivity contribution in [2.45, 2.75) is 58.3 Å². The second-order valence-electron chi connectivity index (χ2n) is 8.52. The molecule has 4 rings (SSSR count). The Labute approximate surface area is 146 Å². The summed E-state index contributed by atoms with van der Waals surface area (Å²) in [5.74, 6) is -0.948. The molecular weight excluding hydrogens is 320 g/mol. The lowest BCUT2D eigenvalue weighted by molar-refractivity contribution is 0.0935. The van der Waals surface area contributed by atoms with E-state index in [9.17, 15) is 20.1 Å². The molecule has 1 saturated carbocycles. The van der Waals surface area contributed by atoms with Crippen molar-refractivity contribution in [2.24, 2.45) is 5.41 Å². The molecule has 3 aliphatic rings. The Balaban J connectivity index is 2.12. The van der Waals surface area contributed by atoms with Crippen molar-refractivity contribution >= 4 is 5.78 Å². The summed E-state index contributed by atoms with van der Waals surface area (Å²) in [6.07, 6.45) is 2.45. The Bertz CT molecular complexity index is 848. The fraction of sp³-hybridized carbons (Fsp3) is 0.550. The maximum Gasteiger partial charge on any atom is 0.231 e. The van der Waals surface area contributed by atoms with Gasteiger partial charge in [-0.15, -0.1) is 0 Å². The van der Waals surface area contributed by atoms with Crippen LogP contribution < -0.4 is 4.74 Å². The number of aliphatic hydroxyl groups is 1. The minimum Gasteiger partial charge on any atom is -0.507 e. The Kier molecular flexibility index (Phi) is 3.07. The van der Waals surface area contributed by atoms with Gasteiger partial charge in [-0.3, -0.25) is 4.79 Å². The van der Waals surface area contributed by atoms with Crippen LogP contribution in [0.1, 0.15) is 74.4 Å². The Hall–Kier alpha value is -2.17. The van der Waals surface area contributed by atoms with Gasteiger partial charge in [0, 0.05) is 22.5 Å². The highest BCUT2D eigenvalue weighted by Crippen LogP contribution is 2.62. The second-order valence-corrected chi connectivity index (χ2v) is 8.52. The topological polar surface area (TPSA) is 87.0 Å². The van der Waals surface area contributed by atoms with E-state index >= 15 is 0 Å². The van der Waals surface area contributed by atoms with Crippen LogP contribution in [-0.4, -0.2) is 27.7 Å². The zero-order chi connectivity index (χ0) is 18.3. The van der Waals surface area contributed by atoms with E-state index in [-0.39, 0.29) is 39.9 Å². The highest BCUT2D eigenvalue weighted by atomic mass is 16.5. The number of rotatable bonds is 0. The lowest BCUT2D eigenvalue weighted by atomic mass is 9.54. The van der Waals surface area contributed by atoms with Gasteiger partial charge in [0.05, 0.1) is 12.2 Å². The molecular formula is C20H24O5. The molecule has 0 spiro atoms. The fourth-order valence-corrected chi connectivity index (χ4v) is 5.32. The fourth-order valence-electron chi connectivity index (χ4n) is 5.32. The number of aromatic hydroxyl groups is 2. The van der Waals surface area contributed by atoms with E-state index in [0.717, 1.165) is 12.8 Å². The van der Waals surface area contributed by atoms with Gasteiger partial charge < -0.3 is 20.1 Å². The number of fused-ring (bicyclic) bond motifs is 4. The van der Waals surface area contributed by atoms with E-state index in [4.69, 9.17) is 4.74 Å². The number of carbonyl (C=O) groups is 1. The first-order valence-electron chi connectivity index (χ1n) is 8.85. The summed E-state index contributed by atoms with van der Waals surface area (Å²) >= 11 is 0. The van der Waals surface area contributed by atoms with Crippen molar-refractivity contribution in [2.75, 3.05) is 6.61 Å². The summed E-state index contributed by atoms with van der Waals surface area (Å²) in [5.41, 5.74) is 0.489. The molecule has 134 valence electrons. The smallest absolute Gasteiger partial charge is 0.231 e. The predicted octanol–water partition coefficient (Wildman–Crippen LogP) is 4.07. The minimum atomic E-state index is -0.707. The summed E-state index contributed by atoms with van der Waals surface area (Å²) in [7, 11) is 0. The maximum atomic E-state index is 13.0. The predicted molar refractivity (Wildman–Crippen MR) is 92.7 cm³/mol. The highest BCUT2D eigenvalue weighted by Gasteiger charge is 2.53. The molecule has 1 aromatic carbocycles. The van der Waals surface area contributed by atoms with Crippen LogP contribution in [0.3, 0.4) is 0 Å². The third-order valence-electron chi connectivity index (χ3n) is 6.35. The number of allylic oxidation sites excluding steroid dienone is 2. The average molecular weight is 344 g/mol. The first-order chi connectivity index (χ1) is 11.6. The van der Waals surface area contributed by atoms with E-state index < -0.39 is 11.2 Å². The van der Waals surface area contributed by atoms with Crippen molar-refractivity contribution in [3.8, 4) is 17.2 Å². The van der Waals surface area contributed by atoms with Crippen LogP contribution in [0.15, 0.2) is 11.3 Å². The largest absolute Gasteiger partial charge is 0.507 e. The van der Waals surface area contributed by atoms with Gasteiger partial charge in [-0.1, -0.05) is 34.1 Å². The summed E-state index contributed by atoms with van der Waals surface area (Å²) in [5, 5.41) is 32.6. The molecule has 1 fully saturated rings. The molecule has 2 aliphatic carbocycles. The number of hydrogen-bond acceptors (Lipinski definition) is 5. The zero-order valence-electron chi connectivity index (χ0n) is 15.1. The molecule has 25 heavy (non-hydrogen) atoms. The number of ether oxygens (including phenoxy) is 1. The van der Waals surface area contributed by atoms with Crippen molar-refractivity contribution in [3.05, 3.63) is 28.0 Å². The monoisotopic (exact) mass is 344 g/mol. The number of benzene rings is 1. The quantitative estimate of drug-likeness (QED) is 0.618. The van der Waals surface area contributed by atoms with E-state index in [1.165, 1.54) is 0 Å². The standard InChI is InChI=1S/C20H24O5/c1-9-8-25-17-10(9)13(21)11-12(15(17)23)20(4)7-5-6-19(2,3)18(20)16(24)14(11)22/h9,21,23-24H,5-8H2,1-4H3/t9-,20+/m0/s1. The lowest BCUT2D eigenvalue weighted by Gasteiger charge is -2.49. The molecule has 5 nitrogen and oxygen atoms in total. The van der Waals surface area contributed by atoms with Gasteiger partial charge >= 0.3 is 0 Å². The van der Waals surface area contributed by atoms with Crippen LogP contribution >= 0.6 is 0 Å². The van der Waals surface area contributed by atoms with Crippen LogP contribution in [0.4, 0.5) is 0 Å². The minimum absolute atomic E-state index is 0.0371. The molecule has 0 bridgehead atoms.